The molecule has 0 radical (unpaired) electrons. The molecule has 3 aromatic rings. The number of likely N-dealkylation sites (N-methyl/N-ethyl adjacent to an activating group) is 1. The molecule has 0 saturated carbocycles. The average Bonchev–Trinajstić information content (AvgIpc) is 3.25. The molecule has 1 aliphatic rings. The second-order valence-electron chi connectivity index (χ2n) is 10.7. The van der Waals surface area contributed by atoms with Crippen LogP contribution < -0.4 is 20.3 Å². The van der Waals surface area contributed by atoms with Gasteiger partial charge in [0.1, 0.15) is 30.0 Å². The van der Waals surface area contributed by atoms with Crippen LogP contribution >= 0.6 is 0 Å². The van der Waals surface area contributed by atoms with E-state index in [0.29, 0.717) is 43.5 Å². The fraction of sp³-hybridized carbons (Fsp3) is 0.500. The van der Waals surface area contributed by atoms with Crippen LogP contribution in [0.15, 0.2) is 28.8 Å². The molecule has 0 aliphatic carbocycles. The van der Waals surface area contributed by atoms with Crippen molar-refractivity contribution in [1.29, 1.82) is 0 Å². The summed E-state index contributed by atoms with van der Waals surface area (Å²) in [6, 6.07) is 7.25. The van der Waals surface area contributed by atoms with Crippen molar-refractivity contribution < 1.29 is 24.3 Å². The Balaban J connectivity index is 1.68. The molecule has 1 unspecified atom stereocenters. The van der Waals surface area contributed by atoms with E-state index >= 15 is 0 Å². The predicted octanol–water partition coefficient (Wildman–Crippen LogP) is 1.75. The third-order valence-electron chi connectivity index (χ3n) is 7.07. The normalized spacial score (nSPS) is 14.9. The minimum atomic E-state index is -0.636. The molecule has 4 rings (SSSR count). The van der Waals surface area contributed by atoms with Crippen molar-refractivity contribution in [2.75, 3.05) is 65.4 Å². The summed E-state index contributed by atoms with van der Waals surface area (Å²) < 4.78 is 11.3. The van der Waals surface area contributed by atoms with E-state index in [1.807, 2.05) is 45.0 Å². The van der Waals surface area contributed by atoms with Gasteiger partial charge in [-0.3, -0.25) is 0 Å². The number of hydrogen-bond donors (Lipinski definition) is 4. The van der Waals surface area contributed by atoms with Crippen LogP contribution in [0.1, 0.15) is 17.0 Å². The highest BCUT2D eigenvalue weighted by Crippen LogP contribution is 2.39. The number of carbonyl (C=O) groups excluding carboxylic acids is 1. The molecule has 3 heterocycles. The number of ether oxygens (including phenoxy) is 1. The molecule has 4 N–H and O–H groups in total. The highest BCUT2D eigenvalue weighted by molar-refractivity contribution is 5.76. The largest absolute Gasteiger partial charge is 0.491 e. The average molecular weight is 554 g/mol. The van der Waals surface area contributed by atoms with Gasteiger partial charge in [-0.1, -0.05) is 17.3 Å². The zero-order chi connectivity index (χ0) is 29.0. The van der Waals surface area contributed by atoms with Crippen molar-refractivity contribution in [3.05, 3.63) is 41.3 Å². The minimum absolute atomic E-state index is 0.0658. The number of benzene rings is 1. The second-order valence-corrected chi connectivity index (χ2v) is 10.7. The van der Waals surface area contributed by atoms with Crippen molar-refractivity contribution in [3.63, 3.8) is 0 Å². The van der Waals surface area contributed by atoms with Gasteiger partial charge in [-0.05, 0) is 40.0 Å². The first-order valence-corrected chi connectivity index (χ1v) is 13.3. The number of aryl methyl sites for hydroxylation is 2. The number of hydrogen-bond acceptors (Lipinski definition) is 10. The third kappa shape index (κ3) is 6.19. The van der Waals surface area contributed by atoms with Gasteiger partial charge in [-0.2, -0.15) is 0 Å². The van der Waals surface area contributed by atoms with Crippen LogP contribution in [-0.2, 0) is 0 Å². The standard InChI is InChI=1S/C28H39N7O5/c1-17-24(23-18(2)33-40-19(23)3)31-25(20-8-7-9-22(10-20)39-12-21(37)11-29-4)32-26(17)35-14-28(15-35,16-36)13-30-27(38)34(5)6/h7-10,21,29,36-37H,11-16H2,1-6H3,(H,30,38). The Labute approximate surface area is 234 Å². The molecule has 0 bridgehead atoms. The van der Waals surface area contributed by atoms with E-state index in [1.165, 1.54) is 4.90 Å². The van der Waals surface area contributed by atoms with E-state index in [2.05, 4.69) is 20.7 Å². The number of aromatic nitrogens is 3. The molecule has 1 aliphatic heterocycles. The molecule has 1 aromatic carbocycles. The van der Waals surface area contributed by atoms with Gasteiger partial charge in [-0.15, -0.1) is 0 Å². The van der Waals surface area contributed by atoms with Gasteiger partial charge in [-0.25, -0.2) is 14.8 Å². The fourth-order valence-corrected chi connectivity index (χ4v) is 4.82. The number of aliphatic hydroxyl groups is 2. The topological polar surface area (TPSA) is 149 Å². The smallest absolute Gasteiger partial charge is 0.316 e. The van der Waals surface area contributed by atoms with E-state index in [-0.39, 0.29) is 19.2 Å². The lowest BCUT2D eigenvalue weighted by Gasteiger charge is -2.50. The van der Waals surface area contributed by atoms with E-state index < -0.39 is 11.5 Å². The molecular formula is C28H39N7O5. The quantitative estimate of drug-likeness (QED) is 0.277. The van der Waals surface area contributed by atoms with Crippen LogP contribution in [0.3, 0.4) is 0 Å². The Kier molecular flexibility index (Phi) is 8.92. The highest BCUT2D eigenvalue weighted by Gasteiger charge is 2.44. The van der Waals surface area contributed by atoms with Gasteiger partial charge < -0.3 is 39.9 Å². The first-order valence-electron chi connectivity index (χ1n) is 13.3. The Morgan fingerprint density at radius 3 is 2.62 bits per heavy atom. The lowest BCUT2D eigenvalue weighted by molar-refractivity contribution is 0.0912. The van der Waals surface area contributed by atoms with Gasteiger partial charge in [0, 0.05) is 56.8 Å². The summed E-state index contributed by atoms with van der Waals surface area (Å²) in [6.07, 6.45) is -0.636. The first kappa shape index (κ1) is 29.2. The Bertz CT molecular complexity index is 1320. The highest BCUT2D eigenvalue weighted by atomic mass is 16.5. The molecule has 40 heavy (non-hydrogen) atoms. The van der Waals surface area contributed by atoms with E-state index in [9.17, 15) is 15.0 Å². The molecule has 2 amide bonds. The summed E-state index contributed by atoms with van der Waals surface area (Å²) >= 11 is 0. The molecule has 12 nitrogen and oxygen atoms in total. The van der Waals surface area contributed by atoms with Crippen LogP contribution in [0.2, 0.25) is 0 Å². The van der Waals surface area contributed by atoms with E-state index in [0.717, 1.165) is 33.9 Å². The van der Waals surface area contributed by atoms with Crippen LogP contribution in [-0.4, -0.2) is 103 Å². The summed E-state index contributed by atoms with van der Waals surface area (Å²) in [4.78, 5) is 25.6. The molecule has 216 valence electrons. The van der Waals surface area contributed by atoms with Crippen molar-refractivity contribution in [2.24, 2.45) is 5.41 Å². The summed E-state index contributed by atoms with van der Waals surface area (Å²) in [6.45, 7) is 7.60. The van der Waals surface area contributed by atoms with Crippen LogP contribution in [0.5, 0.6) is 5.75 Å². The predicted molar refractivity (Wildman–Crippen MR) is 151 cm³/mol. The molecular weight excluding hydrogens is 514 g/mol. The number of anilines is 1. The maximum atomic E-state index is 12.1. The molecule has 1 saturated heterocycles. The third-order valence-corrected chi connectivity index (χ3v) is 7.07. The van der Waals surface area contributed by atoms with Crippen molar-refractivity contribution in [1.82, 2.24) is 30.7 Å². The van der Waals surface area contributed by atoms with Gasteiger partial charge >= 0.3 is 6.03 Å². The number of amides is 2. The number of rotatable bonds is 11. The molecule has 12 heteroatoms. The first-order chi connectivity index (χ1) is 19.1. The van der Waals surface area contributed by atoms with E-state index in [1.54, 1.807) is 21.1 Å². The van der Waals surface area contributed by atoms with Crippen LogP contribution in [0.4, 0.5) is 10.6 Å². The summed E-state index contributed by atoms with van der Waals surface area (Å²) in [5, 5.41) is 30.2. The van der Waals surface area contributed by atoms with Gasteiger partial charge in [0.2, 0.25) is 0 Å². The minimum Gasteiger partial charge on any atom is -0.491 e. The molecule has 2 aromatic heterocycles. The van der Waals surface area contributed by atoms with Crippen molar-refractivity contribution >= 4 is 11.8 Å². The number of urea groups is 1. The lowest BCUT2D eigenvalue weighted by atomic mass is 9.80. The molecule has 0 spiro atoms. The van der Waals surface area contributed by atoms with Gasteiger partial charge in [0.25, 0.3) is 0 Å². The van der Waals surface area contributed by atoms with E-state index in [4.69, 9.17) is 19.2 Å². The zero-order valence-corrected chi connectivity index (χ0v) is 24.0. The lowest BCUT2D eigenvalue weighted by Crippen LogP contribution is -2.63. The molecule has 1 atom stereocenters. The zero-order valence-electron chi connectivity index (χ0n) is 24.0. The number of nitrogens with zero attached hydrogens (tertiary/aromatic N) is 5. The van der Waals surface area contributed by atoms with Crippen molar-refractivity contribution in [3.8, 4) is 28.4 Å². The maximum absolute atomic E-state index is 12.1. The van der Waals surface area contributed by atoms with Crippen LogP contribution in [0, 0.1) is 26.2 Å². The Morgan fingerprint density at radius 1 is 1.25 bits per heavy atom. The molecule has 1 fully saturated rings. The Morgan fingerprint density at radius 2 is 2.00 bits per heavy atom. The van der Waals surface area contributed by atoms with Gasteiger partial charge in [0.15, 0.2) is 5.82 Å². The second kappa shape index (κ2) is 12.2. The van der Waals surface area contributed by atoms with Crippen molar-refractivity contribution in [2.45, 2.75) is 26.9 Å². The SMILES string of the molecule is CNCC(O)COc1cccc(-c2nc(-c3c(C)noc3C)c(C)c(N3CC(CO)(CNC(=O)N(C)C)C3)n2)c1. The number of carbonyl (C=O) groups is 1. The monoisotopic (exact) mass is 553 g/mol. The maximum Gasteiger partial charge on any atom is 0.316 e. The van der Waals surface area contributed by atoms with Crippen LogP contribution in [0.25, 0.3) is 22.6 Å². The van der Waals surface area contributed by atoms with Gasteiger partial charge in [0.05, 0.1) is 23.6 Å². The Hall–Kier alpha value is -3.74. The summed E-state index contributed by atoms with van der Waals surface area (Å²) in [5.74, 6) is 2.49. The summed E-state index contributed by atoms with van der Waals surface area (Å²) in [5.41, 5.74) is 3.40. The number of nitrogens with one attached hydrogen (secondary N) is 2. The summed E-state index contributed by atoms with van der Waals surface area (Å²) in [7, 11) is 5.14. The fourth-order valence-electron chi connectivity index (χ4n) is 4.82. The number of aliphatic hydroxyl groups excluding tert-OH is 2.